The zero-order valence-electron chi connectivity index (χ0n) is 17.3. The molecule has 0 aliphatic heterocycles. The zero-order chi connectivity index (χ0) is 22.1. The van der Waals surface area contributed by atoms with Crippen molar-refractivity contribution in [3.8, 4) is 11.5 Å². The van der Waals surface area contributed by atoms with Crippen molar-refractivity contribution >= 4 is 23.8 Å². The first-order valence-corrected chi connectivity index (χ1v) is 9.63. The second kappa shape index (κ2) is 10.6. The highest BCUT2D eigenvalue weighted by atomic mass is 16.6. The smallest absolute Gasteiger partial charge is 0.343 e. The van der Waals surface area contributed by atoms with Gasteiger partial charge in [-0.05, 0) is 55.0 Å². The molecule has 0 aliphatic carbocycles. The fourth-order valence-corrected chi connectivity index (χ4v) is 2.65. The van der Waals surface area contributed by atoms with Gasteiger partial charge in [0.05, 0.1) is 25.4 Å². The van der Waals surface area contributed by atoms with E-state index in [4.69, 9.17) is 9.47 Å². The minimum Gasteiger partial charge on any atom is -0.493 e. The number of carbonyl (C=O) groups excluding carboxylic acids is 2. The minimum atomic E-state index is -0.478. The van der Waals surface area contributed by atoms with Crippen LogP contribution in [0, 0.1) is 6.92 Å². The molecule has 7 heteroatoms. The van der Waals surface area contributed by atoms with Gasteiger partial charge in [-0.3, -0.25) is 4.79 Å². The van der Waals surface area contributed by atoms with Gasteiger partial charge in [-0.2, -0.15) is 5.10 Å². The molecule has 0 spiro atoms. The van der Waals surface area contributed by atoms with Crippen molar-refractivity contribution in [2.75, 3.05) is 19.0 Å². The Hall–Kier alpha value is -4.13. The number of hydrogen-bond acceptors (Lipinski definition) is 6. The van der Waals surface area contributed by atoms with E-state index >= 15 is 0 Å². The van der Waals surface area contributed by atoms with E-state index in [2.05, 4.69) is 15.8 Å². The van der Waals surface area contributed by atoms with Gasteiger partial charge < -0.3 is 14.8 Å². The summed E-state index contributed by atoms with van der Waals surface area (Å²) in [6, 6.07) is 21.4. The number of hydrazone groups is 1. The zero-order valence-corrected chi connectivity index (χ0v) is 17.3. The van der Waals surface area contributed by atoms with Crippen LogP contribution in [-0.2, 0) is 4.79 Å². The molecule has 3 aromatic rings. The number of carbonyl (C=O) groups is 2. The highest BCUT2D eigenvalue weighted by Gasteiger charge is 2.12. The second-order valence-corrected chi connectivity index (χ2v) is 6.68. The van der Waals surface area contributed by atoms with Gasteiger partial charge in [0.2, 0.25) is 0 Å². The first kappa shape index (κ1) is 21.6. The van der Waals surface area contributed by atoms with Crippen molar-refractivity contribution in [3.05, 3.63) is 89.5 Å². The maximum Gasteiger partial charge on any atom is 0.343 e. The predicted octanol–water partition coefficient (Wildman–Crippen LogP) is 3.79. The highest BCUT2D eigenvalue weighted by Crippen LogP contribution is 2.28. The van der Waals surface area contributed by atoms with Gasteiger partial charge in [0.1, 0.15) is 0 Å². The van der Waals surface area contributed by atoms with Crippen molar-refractivity contribution in [1.29, 1.82) is 0 Å². The average Bonchev–Trinajstić information content (AvgIpc) is 2.80. The monoisotopic (exact) mass is 417 g/mol. The van der Waals surface area contributed by atoms with E-state index in [1.807, 2.05) is 37.3 Å². The number of benzene rings is 3. The van der Waals surface area contributed by atoms with E-state index in [9.17, 15) is 9.59 Å². The molecule has 0 bridgehead atoms. The number of ether oxygens (including phenoxy) is 2. The Morgan fingerprint density at radius 3 is 2.42 bits per heavy atom. The van der Waals surface area contributed by atoms with E-state index in [1.165, 1.54) is 13.3 Å². The molecule has 0 atom stereocenters. The van der Waals surface area contributed by atoms with Crippen LogP contribution in [0.4, 0.5) is 5.69 Å². The lowest BCUT2D eigenvalue weighted by Crippen LogP contribution is -2.25. The molecule has 1 amide bonds. The highest BCUT2D eigenvalue weighted by molar-refractivity contribution is 5.91. The molecule has 0 saturated carbocycles. The van der Waals surface area contributed by atoms with E-state index in [1.54, 1.807) is 42.5 Å². The van der Waals surface area contributed by atoms with E-state index in [-0.39, 0.29) is 12.5 Å². The molecule has 3 rings (SSSR count). The van der Waals surface area contributed by atoms with Gasteiger partial charge >= 0.3 is 5.97 Å². The number of esters is 1. The third-order valence-corrected chi connectivity index (χ3v) is 4.31. The number of nitrogens with zero attached hydrogens (tertiary/aromatic N) is 1. The summed E-state index contributed by atoms with van der Waals surface area (Å²) in [5.41, 5.74) is 5.58. The molecule has 0 unspecified atom stereocenters. The summed E-state index contributed by atoms with van der Waals surface area (Å²) >= 11 is 0. The molecule has 0 heterocycles. The largest absolute Gasteiger partial charge is 0.493 e. The second-order valence-electron chi connectivity index (χ2n) is 6.68. The Balaban J connectivity index is 1.55. The summed E-state index contributed by atoms with van der Waals surface area (Å²) in [5, 5.41) is 6.98. The molecule has 0 aromatic heterocycles. The number of methoxy groups -OCH3 is 1. The number of hydrogen-bond donors (Lipinski definition) is 2. The number of nitrogens with one attached hydrogen (secondary N) is 2. The van der Waals surface area contributed by atoms with Crippen LogP contribution in [0.3, 0.4) is 0 Å². The molecule has 31 heavy (non-hydrogen) atoms. The van der Waals surface area contributed by atoms with Gasteiger partial charge in [-0.15, -0.1) is 0 Å². The van der Waals surface area contributed by atoms with Crippen LogP contribution in [0.25, 0.3) is 0 Å². The van der Waals surface area contributed by atoms with E-state index < -0.39 is 5.97 Å². The van der Waals surface area contributed by atoms with Crippen molar-refractivity contribution in [1.82, 2.24) is 5.43 Å². The maximum atomic E-state index is 12.2. The molecule has 3 aromatic carbocycles. The lowest BCUT2D eigenvalue weighted by Gasteiger charge is -2.10. The van der Waals surface area contributed by atoms with Crippen LogP contribution in [0.1, 0.15) is 21.5 Å². The summed E-state index contributed by atoms with van der Waals surface area (Å²) in [6.07, 6.45) is 1.48. The van der Waals surface area contributed by atoms with Gasteiger partial charge in [0, 0.05) is 5.69 Å². The van der Waals surface area contributed by atoms with Crippen molar-refractivity contribution in [2.45, 2.75) is 6.92 Å². The summed E-state index contributed by atoms with van der Waals surface area (Å²) < 4.78 is 10.7. The van der Waals surface area contributed by atoms with E-state index in [0.717, 1.165) is 11.3 Å². The van der Waals surface area contributed by atoms with Gasteiger partial charge in [0.25, 0.3) is 5.91 Å². The molecule has 158 valence electrons. The Morgan fingerprint density at radius 2 is 1.71 bits per heavy atom. The topological polar surface area (TPSA) is 89.0 Å². The van der Waals surface area contributed by atoms with E-state index in [0.29, 0.717) is 22.6 Å². The standard InChI is InChI=1S/C24H23N3O4/c1-17-8-11-20(12-9-17)25-16-23(28)27-26-15-18-10-13-21(22(14-18)30-2)31-24(29)19-6-4-3-5-7-19/h3-15,25H,16H2,1-2H3,(H,27,28)/b26-15-. The first-order valence-electron chi connectivity index (χ1n) is 9.63. The molecule has 0 aliphatic rings. The molecular formula is C24H23N3O4. The number of aryl methyl sites for hydroxylation is 1. The normalized spacial score (nSPS) is 10.5. The first-order chi connectivity index (χ1) is 15.0. The Bertz CT molecular complexity index is 1060. The predicted molar refractivity (Wildman–Crippen MR) is 120 cm³/mol. The summed E-state index contributed by atoms with van der Waals surface area (Å²) in [4.78, 5) is 24.2. The Morgan fingerprint density at radius 1 is 0.968 bits per heavy atom. The van der Waals surface area contributed by atoms with Crippen LogP contribution in [0.5, 0.6) is 11.5 Å². The summed E-state index contributed by atoms with van der Waals surface area (Å²) in [7, 11) is 1.48. The summed E-state index contributed by atoms with van der Waals surface area (Å²) in [6.45, 7) is 2.10. The lowest BCUT2D eigenvalue weighted by atomic mass is 10.2. The minimum absolute atomic E-state index is 0.0953. The number of amides is 1. The van der Waals surface area contributed by atoms with Gasteiger partial charge in [-0.1, -0.05) is 35.9 Å². The SMILES string of the molecule is COc1cc(/C=N\NC(=O)CNc2ccc(C)cc2)ccc1OC(=O)c1ccccc1. The molecule has 0 fully saturated rings. The van der Waals surface area contributed by atoms with Crippen molar-refractivity contribution < 1.29 is 19.1 Å². The van der Waals surface area contributed by atoms with Crippen LogP contribution < -0.4 is 20.2 Å². The maximum absolute atomic E-state index is 12.2. The van der Waals surface area contributed by atoms with Crippen molar-refractivity contribution in [3.63, 3.8) is 0 Å². The number of anilines is 1. The third kappa shape index (κ3) is 6.43. The molecule has 0 radical (unpaired) electrons. The summed E-state index contributed by atoms with van der Waals surface area (Å²) in [5.74, 6) is -0.0914. The quantitative estimate of drug-likeness (QED) is 0.252. The molecule has 0 saturated heterocycles. The van der Waals surface area contributed by atoms with Crippen LogP contribution >= 0.6 is 0 Å². The van der Waals surface area contributed by atoms with Crippen LogP contribution in [0.15, 0.2) is 77.9 Å². The molecule has 2 N–H and O–H groups in total. The fraction of sp³-hybridized carbons (Fsp3) is 0.125. The van der Waals surface area contributed by atoms with Crippen LogP contribution in [0.2, 0.25) is 0 Å². The van der Waals surface area contributed by atoms with Crippen LogP contribution in [-0.4, -0.2) is 31.7 Å². The average molecular weight is 417 g/mol. The number of rotatable bonds is 8. The van der Waals surface area contributed by atoms with Crippen molar-refractivity contribution in [2.24, 2.45) is 5.10 Å². The Labute approximate surface area is 180 Å². The molecular weight excluding hydrogens is 394 g/mol. The van der Waals surface area contributed by atoms with Gasteiger partial charge in [0.15, 0.2) is 11.5 Å². The Kier molecular flexibility index (Phi) is 7.37. The molecule has 7 nitrogen and oxygen atoms in total. The van der Waals surface area contributed by atoms with Gasteiger partial charge in [-0.25, -0.2) is 10.2 Å². The lowest BCUT2D eigenvalue weighted by molar-refractivity contribution is -0.119. The third-order valence-electron chi connectivity index (χ3n) is 4.31. The fourth-order valence-electron chi connectivity index (χ4n) is 2.65.